The Morgan fingerprint density at radius 3 is 2.60 bits per heavy atom. The minimum absolute atomic E-state index is 0.525. The maximum Gasteiger partial charge on any atom is 0.115 e. The first kappa shape index (κ1) is 9.63. The van der Waals surface area contributed by atoms with E-state index in [1.165, 1.54) is 6.33 Å². The molecule has 3 nitrogen and oxygen atoms in total. The summed E-state index contributed by atoms with van der Waals surface area (Å²) in [6.07, 6.45) is 4.78. The number of hydrogen-bond acceptors (Lipinski definition) is 3. The van der Waals surface area contributed by atoms with Gasteiger partial charge in [0.15, 0.2) is 0 Å². The molecule has 0 saturated heterocycles. The lowest BCUT2D eigenvalue weighted by molar-refractivity contribution is 1.17. The largest absolute Gasteiger partial charge is 0.244 e. The van der Waals surface area contributed by atoms with E-state index in [-0.39, 0.29) is 0 Å². The quantitative estimate of drug-likeness (QED) is 0.735. The van der Waals surface area contributed by atoms with Gasteiger partial charge < -0.3 is 0 Å². The van der Waals surface area contributed by atoms with E-state index in [4.69, 9.17) is 16.9 Å². The molecule has 0 radical (unpaired) electrons. The van der Waals surface area contributed by atoms with Gasteiger partial charge in [-0.25, -0.2) is 9.97 Å². The molecule has 0 spiro atoms. The van der Waals surface area contributed by atoms with Crippen LogP contribution in [0, 0.1) is 11.3 Å². The second kappa shape index (κ2) is 4.07. The summed E-state index contributed by atoms with van der Waals surface area (Å²) in [6, 6.07) is 7.26. The van der Waals surface area contributed by atoms with Gasteiger partial charge in [-0.2, -0.15) is 5.26 Å². The van der Waals surface area contributed by atoms with Crippen molar-refractivity contribution in [2.45, 2.75) is 0 Å². The zero-order valence-electron chi connectivity index (χ0n) is 7.68. The van der Waals surface area contributed by atoms with Crippen molar-refractivity contribution in [1.29, 1.82) is 5.26 Å². The number of nitriles is 1. The Kier molecular flexibility index (Phi) is 2.61. The highest BCUT2D eigenvalue weighted by atomic mass is 35.5. The summed E-state index contributed by atoms with van der Waals surface area (Å²) >= 11 is 5.80. The second-order valence-corrected chi connectivity index (χ2v) is 3.37. The highest BCUT2D eigenvalue weighted by molar-refractivity contribution is 6.30. The van der Waals surface area contributed by atoms with Crippen LogP contribution in [0.15, 0.2) is 36.9 Å². The lowest BCUT2D eigenvalue weighted by Gasteiger charge is -2.02. The first-order valence-corrected chi connectivity index (χ1v) is 4.64. The lowest BCUT2D eigenvalue weighted by atomic mass is 10.0. The summed E-state index contributed by atoms with van der Waals surface area (Å²) in [5.74, 6) is 0. The average Bonchev–Trinajstić information content (AvgIpc) is 2.30. The van der Waals surface area contributed by atoms with Gasteiger partial charge in [-0.3, -0.25) is 0 Å². The van der Waals surface area contributed by atoms with Gasteiger partial charge in [0.1, 0.15) is 6.33 Å². The molecule has 1 heterocycles. The third-order valence-corrected chi connectivity index (χ3v) is 2.21. The Bertz CT molecular complexity index is 517. The molecule has 0 N–H and O–H groups in total. The number of hydrogen-bond donors (Lipinski definition) is 0. The van der Waals surface area contributed by atoms with E-state index in [1.807, 2.05) is 0 Å². The van der Waals surface area contributed by atoms with Crippen molar-refractivity contribution in [3.63, 3.8) is 0 Å². The average molecular weight is 216 g/mol. The standard InChI is InChI=1S/C11H6ClN3/c12-10-1-2-11(8(3-10)4-13)9-5-14-7-15-6-9/h1-3,5-7H. The van der Waals surface area contributed by atoms with Crippen LogP contribution in [-0.4, -0.2) is 9.97 Å². The summed E-state index contributed by atoms with van der Waals surface area (Å²) in [5, 5.41) is 9.50. The van der Waals surface area contributed by atoms with Crippen LogP contribution < -0.4 is 0 Å². The Labute approximate surface area is 92.0 Å². The molecule has 0 aliphatic heterocycles. The first-order valence-electron chi connectivity index (χ1n) is 4.26. The fourth-order valence-corrected chi connectivity index (χ4v) is 1.47. The predicted molar refractivity (Wildman–Crippen MR) is 57.2 cm³/mol. The zero-order valence-corrected chi connectivity index (χ0v) is 8.44. The van der Waals surface area contributed by atoms with Crippen molar-refractivity contribution < 1.29 is 0 Å². The Balaban J connectivity index is 2.60. The minimum atomic E-state index is 0.525. The maximum atomic E-state index is 8.95. The van der Waals surface area contributed by atoms with Crippen LogP contribution in [0.5, 0.6) is 0 Å². The second-order valence-electron chi connectivity index (χ2n) is 2.93. The molecule has 4 heteroatoms. The number of benzene rings is 1. The predicted octanol–water partition coefficient (Wildman–Crippen LogP) is 2.67. The van der Waals surface area contributed by atoms with Crippen LogP contribution in [0.1, 0.15) is 5.56 Å². The molecule has 72 valence electrons. The van der Waals surface area contributed by atoms with Gasteiger partial charge in [0.2, 0.25) is 0 Å². The SMILES string of the molecule is N#Cc1cc(Cl)ccc1-c1cncnc1. The number of halogens is 1. The Morgan fingerprint density at radius 2 is 1.93 bits per heavy atom. The Hall–Kier alpha value is -1.92. The molecule has 2 aromatic rings. The van der Waals surface area contributed by atoms with Crippen LogP contribution in [0.25, 0.3) is 11.1 Å². The molecule has 0 amide bonds. The molecule has 2 rings (SSSR count). The molecular formula is C11H6ClN3. The Morgan fingerprint density at radius 1 is 1.20 bits per heavy atom. The number of aromatic nitrogens is 2. The van der Waals surface area contributed by atoms with E-state index in [1.54, 1.807) is 30.6 Å². The van der Waals surface area contributed by atoms with E-state index in [2.05, 4.69) is 16.0 Å². The van der Waals surface area contributed by atoms with E-state index in [9.17, 15) is 0 Å². The van der Waals surface area contributed by atoms with E-state index < -0.39 is 0 Å². The molecule has 0 fully saturated rings. The van der Waals surface area contributed by atoms with Crippen molar-refractivity contribution in [1.82, 2.24) is 9.97 Å². The fourth-order valence-electron chi connectivity index (χ4n) is 1.30. The van der Waals surface area contributed by atoms with Crippen LogP contribution in [0.4, 0.5) is 0 Å². The summed E-state index contributed by atoms with van der Waals surface area (Å²) in [6.45, 7) is 0. The summed E-state index contributed by atoms with van der Waals surface area (Å²) in [5.41, 5.74) is 2.13. The minimum Gasteiger partial charge on any atom is -0.244 e. The highest BCUT2D eigenvalue weighted by Gasteiger charge is 2.05. The first-order chi connectivity index (χ1) is 7.31. The van der Waals surface area contributed by atoms with E-state index >= 15 is 0 Å². The highest BCUT2D eigenvalue weighted by Crippen LogP contribution is 2.24. The normalized spacial score (nSPS) is 9.60. The summed E-state index contributed by atoms with van der Waals surface area (Å²) < 4.78 is 0. The van der Waals surface area contributed by atoms with Crippen molar-refractivity contribution in [3.8, 4) is 17.2 Å². The summed E-state index contributed by atoms with van der Waals surface area (Å²) in [7, 11) is 0. The molecule has 1 aromatic carbocycles. The molecule has 0 unspecified atom stereocenters. The van der Waals surface area contributed by atoms with Crippen LogP contribution in [0.3, 0.4) is 0 Å². The molecule has 0 bridgehead atoms. The molecule has 0 aliphatic carbocycles. The van der Waals surface area contributed by atoms with Crippen molar-refractivity contribution in [3.05, 3.63) is 47.5 Å². The fraction of sp³-hybridized carbons (Fsp3) is 0. The van der Waals surface area contributed by atoms with Crippen LogP contribution in [-0.2, 0) is 0 Å². The number of rotatable bonds is 1. The van der Waals surface area contributed by atoms with Gasteiger partial charge in [-0.1, -0.05) is 17.7 Å². The smallest absolute Gasteiger partial charge is 0.115 e. The van der Waals surface area contributed by atoms with Gasteiger partial charge >= 0.3 is 0 Å². The van der Waals surface area contributed by atoms with Gasteiger partial charge in [0.05, 0.1) is 11.6 Å². The molecular weight excluding hydrogens is 210 g/mol. The number of nitrogens with zero attached hydrogens (tertiary/aromatic N) is 3. The van der Waals surface area contributed by atoms with Crippen LogP contribution >= 0.6 is 11.6 Å². The van der Waals surface area contributed by atoms with Gasteiger partial charge in [0, 0.05) is 28.5 Å². The summed E-state index contributed by atoms with van der Waals surface area (Å²) in [4.78, 5) is 7.81. The molecule has 0 atom stereocenters. The maximum absolute atomic E-state index is 8.95. The third kappa shape index (κ3) is 1.95. The topological polar surface area (TPSA) is 49.6 Å². The molecule has 0 aliphatic rings. The van der Waals surface area contributed by atoms with Crippen molar-refractivity contribution in [2.24, 2.45) is 0 Å². The lowest BCUT2D eigenvalue weighted by Crippen LogP contribution is -1.86. The molecule has 0 saturated carbocycles. The monoisotopic (exact) mass is 215 g/mol. The van der Waals surface area contributed by atoms with Crippen molar-refractivity contribution >= 4 is 11.6 Å². The van der Waals surface area contributed by atoms with Crippen molar-refractivity contribution in [2.75, 3.05) is 0 Å². The van der Waals surface area contributed by atoms with Gasteiger partial charge in [-0.15, -0.1) is 0 Å². The van der Waals surface area contributed by atoms with E-state index in [0.29, 0.717) is 10.6 Å². The van der Waals surface area contributed by atoms with E-state index in [0.717, 1.165) is 11.1 Å². The van der Waals surface area contributed by atoms with Crippen LogP contribution in [0.2, 0.25) is 5.02 Å². The molecule has 15 heavy (non-hydrogen) atoms. The molecule has 1 aromatic heterocycles. The third-order valence-electron chi connectivity index (χ3n) is 1.97. The van der Waals surface area contributed by atoms with Gasteiger partial charge in [-0.05, 0) is 12.1 Å². The van der Waals surface area contributed by atoms with Gasteiger partial charge in [0.25, 0.3) is 0 Å². The zero-order chi connectivity index (χ0) is 10.7.